The maximum absolute atomic E-state index is 7.57. The first kappa shape index (κ1) is 29.2. The molecule has 0 rings (SSSR count). The number of hydrogen-bond donors (Lipinski definition) is 4. The maximum atomic E-state index is 7.57. The summed E-state index contributed by atoms with van der Waals surface area (Å²) in [7, 11) is 3.54. The SMILES string of the molecule is CCO.COO.COO.COO.[Ti]. The smallest absolute Gasteiger partial charge is 0.0710 e. The van der Waals surface area contributed by atoms with Gasteiger partial charge >= 0.3 is 0 Å². The van der Waals surface area contributed by atoms with Gasteiger partial charge in [0.2, 0.25) is 0 Å². The fourth-order valence-corrected chi connectivity index (χ4v) is 0. The van der Waals surface area contributed by atoms with Gasteiger partial charge in [0.25, 0.3) is 0 Å². The molecule has 7 nitrogen and oxygen atoms in total. The van der Waals surface area contributed by atoms with Crippen LogP contribution in [0.3, 0.4) is 0 Å². The molecule has 4 N–H and O–H groups in total. The summed E-state index contributed by atoms with van der Waals surface area (Å²) < 4.78 is 0. The van der Waals surface area contributed by atoms with Gasteiger partial charge in [-0.05, 0) is 6.92 Å². The second-order valence-electron chi connectivity index (χ2n) is 0.864. The van der Waals surface area contributed by atoms with Crippen LogP contribution in [-0.2, 0) is 36.4 Å². The van der Waals surface area contributed by atoms with Crippen LogP contribution in [0, 0.1) is 0 Å². The molecule has 0 aliphatic rings. The summed E-state index contributed by atoms with van der Waals surface area (Å²) in [5.74, 6) is 0. The van der Waals surface area contributed by atoms with E-state index in [4.69, 9.17) is 20.9 Å². The Morgan fingerprint density at radius 1 is 0.846 bits per heavy atom. The van der Waals surface area contributed by atoms with Crippen LogP contribution in [-0.4, -0.2) is 48.8 Å². The molecule has 0 saturated heterocycles. The van der Waals surface area contributed by atoms with Crippen LogP contribution in [0.5, 0.6) is 0 Å². The van der Waals surface area contributed by atoms with Crippen molar-refractivity contribution in [2.24, 2.45) is 0 Å². The van der Waals surface area contributed by atoms with Gasteiger partial charge in [-0.1, -0.05) is 0 Å². The summed E-state index contributed by atoms with van der Waals surface area (Å²) in [5, 5.41) is 28.8. The Morgan fingerprint density at radius 2 is 0.846 bits per heavy atom. The zero-order chi connectivity index (χ0) is 10.8. The summed E-state index contributed by atoms with van der Waals surface area (Å²) in [5.41, 5.74) is 0. The fraction of sp³-hybridized carbons (Fsp3) is 1.00. The van der Waals surface area contributed by atoms with E-state index in [-0.39, 0.29) is 28.3 Å². The first-order chi connectivity index (χ1) is 5.66. The van der Waals surface area contributed by atoms with Crippen molar-refractivity contribution in [3.63, 3.8) is 0 Å². The summed E-state index contributed by atoms with van der Waals surface area (Å²) >= 11 is 0. The quantitative estimate of drug-likeness (QED) is 0.273. The molecule has 8 heteroatoms. The third-order valence-corrected chi connectivity index (χ3v) is 0. The van der Waals surface area contributed by atoms with Gasteiger partial charge in [0.1, 0.15) is 0 Å². The van der Waals surface area contributed by atoms with E-state index in [9.17, 15) is 0 Å². The molecule has 0 spiro atoms. The summed E-state index contributed by atoms with van der Waals surface area (Å²) in [6.45, 7) is 1.93. The van der Waals surface area contributed by atoms with E-state index >= 15 is 0 Å². The summed E-state index contributed by atoms with van der Waals surface area (Å²) in [4.78, 5) is 9.75. The molecule has 84 valence electrons. The third kappa shape index (κ3) is 7180. The molecule has 0 aliphatic carbocycles. The van der Waals surface area contributed by atoms with Gasteiger partial charge in [0.05, 0.1) is 21.3 Å². The van der Waals surface area contributed by atoms with E-state index in [1.165, 1.54) is 21.3 Å². The monoisotopic (exact) mass is 238 g/mol. The standard InChI is InChI=1S/C2H6O.3CH4O2.Ti/c1-2-3;3*1-3-2;/h3H,2H2,1H3;3*2H,1H3;. The molecular formula is C5H18O7Ti. The predicted octanol–water partition coefficient (Wildman–Crippen LogP) is 0.314. The summed E-state index contributed by atoms with van der Waals surface area (Å²) in [6.07, 6.45) is 0. The van der Waals surface area contributed by atoms with Crippen molar-refractivity contribution in [1.82, 2.24) is 0 Å². The molecule has 0 saturated carbocycles. The van der Waals surface area contributed by atoms with Crippen LogP contribution >= 0.6 is 0 Å². The minimum atomic E-state index is 0. The Kier molecular flexibility index (Phi) is 186. The molecule has 0 radical (unpaired) electrons. The molecule has 0 heterocycles. The van der Waals surface area contributed by atoms with Gasteiger partial charge in [0, 0.05) is 28.3 Å². The van der Waals surface area contributed by atoms with Gasteiger partial charge in [-0.15, -0.1) is 0 Å². The van der Waals surface area contributed by atoms with E-state index in [0.717, 1.165) is 0 Å². The van der Waals surface area contributed by atoms with Crippen molar-refractivity contribution in [1.29, 1.82) is 0 Å². The van der Waals surface area contributed by atoms with Crippen LogP contribution < -0.4 is 0 Å². The molecule has 0 fully saturated rings. The van der Waals surface area contributed by atoms with E-state index in [1.54, 1.807) is 6.92 Å². The van der Waals surface area contributed by atoms with Gasteiger partial charge in [-0.3, -0.25) is 15.8 Å². The Labute approximate surface area is 92.5 Å². The Morgan fingerprint density at radius 3 is 0.846 bits per heavy atom. The van der Waals surface area contributed by atoms with Gasteiger partial charge in [0.15, 0.2) is 0 Å². The summed E-state index contributed by atoms with van der Waals surface area (Å²) in [6, 6.07) is 0. The van der Waals surface area contributed by atoms with Crippen molar-refractivity contribution in [3.8, 4) is 0 Å². The van der Waals surface area contributed by atoms with Crippen molar-refractivity contribution in [2.45, 2.75) is 6.92 Å². The zero-order valence-electron chi connectivity index (χ0n) is 8.22. The van der Waals surface area contributed by atoms with Crippen LogP contribution in [0.1, 0.15) is 6.92 Å². The minimum absolute atomic E-state index is 0. The number of rotatable bonds is 0. The van der Waals surface area contributed by atoms with E-state index in [0.29, 0.717) is 0 Å². The van der Waals surface area contributed by atoms with Crippen LogP contribution in [0.2, 0.25) is 0 Å². The van der Waals surface area contributed by atoms with Crippen LogP contribution in [0.15, 0.2) is 0 Å². The molecule has 0 bridgehead atoms. The molecule has 0 atom stereocenters. The van der Waals surface area contributed by atoms with Gasteiger partial charge in [-0.2, -0.15) is 0 Å². The average molecular weight is 238 g/mol. The van der Waals surface area contributed by atoms with E-state index < -0.39 is 0 Å². The van der Waals surface area contributed by atoms with Crippen molar-refractivity contribution in [2.75, 3.05) is 27.9 Å². The maximum Gasteiger partial charge on any atom is 0.0710 e. The molecule has 0 aliphatic heterocycles. The molecule has 0 aromatic heterocycles. The van der Waals surface area contributed by atoms with Gasteiger partial charge in [-0.25, -0.2) is 14.7 Å². The third-order valence-electron chi connectivity index (χ3n) is 0. The van der Waals surface area contributed by atoms with Crippen LogP contribution in [0.4, 0.5) is 0 Å². The first-order valence-electron chi connectivity index (χ1n) is 2.80. The topological polar surface area (TPSA) is 109 Å². The molecule has 0 aromatic rings. The number of aliphatic hydroxyl groups is 1. The zero-order valence-corrected chi connectivity index (χ0v) is 9.78. The number of aliphatic hydroxyl groups excluding tert-OH is 1. The minimum Gasteiger partial charge on any atom is -0.397 e. The van der Waals surface area contributed by atoms with Gasteiger partial charge < -0.3 is 5.11 Å². The van der Waals surface area contributed by atoms with Crippen LogP contribution in [0.25, 0.3) is 0 Å². The molecule has 13 heavy (non-hydrogen) atoms. The molecular weight excluding hydrogens is 220 g/mol. The molecule has 0 aromatic carbocycles. The van der Waals surface area contributed by atoms with Crippen molar-refractivity contribution >= 4 is 0 Å². The van der Waals surface area contributed by atoms with E-state index in [1.807, 2.05) is 0 Å². The molecule has 0 amide bonds. The Balaban J connectivity index is -0.0000000213. The van der Waals surface area contributed by atoms with Crippen molar-refractivity contribution < 1.29 is 57.3 Å². The van der Waals surface area contributed by atoms with E-state index in [2.05, 4.69) is 14.7 Å². The van der Waals surface area contributed by atoms with Crippen molar-refractivity contribution in [3.05, 3.63) is 0 Å². The predicted molar refractivity (Wildman–Crippen MR) is 41.7 cm³/mol. The first-order valence-corrected chi connectivity index (χ1v) is 2.80. The average Bonchev–Trinajstić information content (AvgIpc) is 1.92. The Bertz CT molecular complexity index is 24.8. The normalized spacial score (nSPS) is 5.54. The Hall–Kier alpha value is 0.434. The number of hydrogen-bond acceptors (Lipinski definition) is 7. The largest absolute Gasteiger partial charge is 0.397 e. The fourth-order valence-electron chi connectivity index (χ4n) is 0. The molecule has 0 unspecified atom stereocenters. The second-order valence-corrected chi connectivity index (χ2v) is 0.864. The second kappa shape index (κ2) is 82.7.